The predicted molar refractivity (Wildman–Crippen MR) is 205 cm³/mol. The van der Waals surface area contributed by atoms with Crippen LogP contribution in [0.4, 0.5) is 0 Å². The van der Waals surface area contributed by atoms with Crippen molar-refractivity contribution in [1.82, 2.24) is 9.80 Å². The van der Waals surface area contributed by atoms with Crippen LogP contribution in [0.15, 0.2) is 12.4 Å². The second-order valence-electron chi connectivity index (χ2n) is 15.0. The molecule has 0 aromatic heterocycles. The third kappa shape index (κ3) is 27.0. The van der Waals surface area contributed by atoms with Crippen molar-refractivity contribution in [3.05, 3.63) is 12.4 Å². The minimum absolute atomic E-state index is 0.639. The molecule has 2 heteroatoms. The zero-order valence-corrected chi connectivity index (χ0v) is 31.8. The molecule has 0 saturated heterocycles. The smallest absolute Gasteiger partial charge is 0.101 e. The second-order valence-corrected chi connectivity index (χ2v) is 15.0. The Morgan fingerprint density at radius 1 is 0.289 bits per heavy atom. The Labute approximate surface area is 286 Å². The van der Waals surface area contributed by atoms with Gasteiger partial charge in [-0.3, -0.25) is 0 Å². The van der Waals surface area contributed by atoms with Gasteiger partial charge in [0.2, 0.25) is 0 Å². The third-order valence-corrected chi connectivity index (χ3v) is 10.6. The monoisotopic (exact) mass is 631 g/mol. The topological polar surface area (TPSA) is 6.48 Å². The van der Waals surface area contributed by atoms with E-state index in [0.717, 1.165) is 0 Å². The molecule has 0 bridgehead atoms. The van der Waals surface area contributed by atoms with E-state index in [2.05, 4.69) is 43.0 Å². The van der Waals surface area contributed by atoms with Crippen LogP contribution in [-0.2, 0) is 0 Å². The molecule has 0 aromatic carbocycles. The zero-order chi connectivity index (χ0) is 32.3. The first-order valence-electron chi connectivity index (χ1n) is 21.5. The number of hydrogen-bond donors (Lipinski definition) is 0. The maximum Gasteiger partial charge on any atom is 0.101 e. The van der Waals surface area contributed by atoms with E-state index in [0.29, 0.717) is 6.17 Å². The lowest BCUT2D eigenvalue weighted by atomic mass is 10.0. The van der Waals surface area contributed by atoms with Crippen molar-refractivity contribution in [2.24, 2.45) is 0 Å². The lowest BCUT2D eigenvalue weighted by molar-refractivity contribution is 0.135. The van der Waals surface area contributed by atoms with Gasteiger partial charge < -0.3 is 9.80 Å². The molecule has 1 aliphatic heterocycles. The highest BCUT2D eigenvalue weighted by Gasteiger charge is 2.24. The fraction of sp³-hybridized carbons (Fsp3) is 0.953. The maximum absolute atomic E-state index is 2.72. The van der Waals surface area contributed by atoms with Crippen molar-refractivity contribution in [3.8, 4) is 0 Å². The van der Waals surface area contributed by atoms with Crippen LogP contribution >= 0.6 is 0 Å². The fourth-order valence-electron chi connectivity index (χ4n) is 7.42. The van der Waals surface area contributed by atoms with Crippen molar-refractivity contribution in [2.45, 2.75) is 252 Å². The standard InChI is InChI=1S/C43H86N2/c1-4-7-10-13-16-18-20-22-24-26-28-30-32-35-38-43-44(39-36-33-15-12-9-6-3)41-42-45(43)40-37-34-31-29-27-25-23-21-19-17-14-11-8-5-2/h41-43H,4-40H2,1-3H3. The first kappa shape index (κ1) is 42.4. The molecule has 1 heterocycles. The Hall–Kier alpha value is -0.660. The molecule has 0 N–H and O–H groups in total. The van der Waals surface area contributed by atoms with Crippen molar-refractivity contribution in [1.29, 1.82) is 0 Å². The van der Waals surface area contributed by atoms with Crippen molar-refractivity contribution < 1.29 is 0 Å². The van der Waals surface area contributed by atoms with Gasteiger partial charge in [-0.05, 0) is 25.7 Å². The number of nitrogens with zero attached hydrogens (tertiary/aromatic N) is 2. The van der Waals surface area contributed by atoms with E-state index in [-0.39, 0.29) is 0 Å². The summed E-state index contributed by atoms with van der Waals surface area (Å²) in [6, 6.07) is 0. The summed E-state index contributed by atoms with van der Waals surface area (Å²) in [5.41, 5.74) is 0. The van der Waals surface area contributed by atoms with Crippen molar-refractivity contribution in [2.75, 3.05) is 13.1 Å². The number of rotatable bonds is 37. The first-order chi connectivity index (χ1) is 22.3. The zero-order valence-electron chi connectivity index (χ0n) is 31.8. The van der Waals surface area contributed by atoms with Crippen LogP contribution in [0.25, 0.3) is 0 Å². The molecule has 0 radical (unpaired) electrons. The molecule has 0 saturated carbocycles. The fourth-order valence-corrected chi connectivity index (χ4v) is 7.42. The summed E-state index contributed by atoms with van der Waals surface area (Å²) < 4.78 is 0. The molecule has 0 fully saturated rings. The molecule has 0 aliphatic carbocycles. The van der Waals surface area contributed by atoms with Crippen LogP contribution < -0.4 is 0 Å². The largest absolute Gasteiger partial charge is 0.356 e. The minimum Gasteiger partial charge on any atom is -0.356 e. The van der Waals surface area contributed by atoms with Gasteiger partial charge in [-0.25, -0.2) is 0 Å². The Balaban J connectivity index is 2.15. The van der Waals surface area contributed by atoms with Crippen LogP contribution in [-0.4, -0.2) is 29.1 Å². The van der Waals surface area contributed by atoms with Crippen LogP contribution in [0, 0.1) is 0 Å². The molecule has 0 aromatic rings. The highest BCUT2D eigenvalue weighted by Crippen LogP contribution is 2.24. The number of hydrogen-bond acceptors (Lipinski definition) is 2. The average Bonchev–Trinajstić information content (AvgIpc) is 3.43. The Bertz CT molecular complexity index is 586. The van der Waals surface area contributed by atoms with Crippen LogP contribution in [0.5, 0.6) is 0 Å². The molecular formula is C43H86N2. The van der Waals surface area contributed by atoms with E-state index in [1.807, 2.05) is 0 Å². The molecule has 1 unspecified atom stereocenters. The minimum atomic E-state index is 0.639. The summed E-state index contributed by atoms with van der Waals surface area (Å²) in [6.45, 7) is 9.48. The lowest BCUT2D eigenvalue weighted by Crippen LogP contribution is -2.39. The van der Waals surface area contributed by atoms with Crippen molar-refractivity contribution in [3.63, 3.8) is 0 Å². The average molecular weight is 631 g/mol. The third-order valence-electron chi connectivity index (χ3n) is 10.6. The molecule has 0 amide bonds. The van der Waals surface area contributed by atoms with E-state index < -0.39 is 0 Å². The molecule has 1 rings (SSSR count). The van der Waals surface area contributed by atoms with Gasteiger partial charge in [0.1, 0.15) is 6.17 Å². The van der Waals surface area contributed by atoms with Crippen LogP contribution in [0.1, 0.15) is 245 Å². The predicted octanol–water partition coefficient (Wildman–Crippen LogP) is 15.1. The summed E-state index contributed by atoms with van der Waals surface area (Å²) in [6.07, 6.45) is 55.9. The van der Waals surface area contributed by atoms with E-state index in [9.17, 15) is 0 Å². The van der Waals surface area contributed by atoms with E-state index in [1.54, 1.807) is 0 Å². The first-order valence-corrected chi connectivity index (χ1v) is 21.5. The van der Waals surface area contributed by atoms with E-state index in [1.165, 1.54) is 238 Å². The van der Waals surface area contributed by atoms with Gasteiger partial charge in [-0.15, -0.1) is 0 Å². The Kier molecular flexibility index (Phi) is 32.6. The van der Waals surface area contributed by atoms with Gasteiger partial charge in [0, 0.05) is 25.5 Å². The molecule has 0 spiro atoms. The molecule has 1 atom stereocenters. The van der Waals surface area contributed by atoms with Gasteiger partial charge in [0.05, 0.1) is 0 Å². The summed E-state index contributed by atoms with van der Waals surface area (Å²) in [5, 5.41) is 0. The van der Waals surface area contributed by atoms with Gasteiger partial charge in [0.15, 0.2) is 0 Å². The quantitative estimate of drug-likeness (QED) is 0.0630. The SMILES string of the molecule is CCCCCCCCCCCCCCCCC1N(CCCCCCCC)C=CN1CCCCCCCCCCCCCCCC. The molecule has 2 nitrogen and oxygen atoms in total. The second kappa shape index (κ2) is 34.7. The van der Waals surface area contributed by atoms with Gasteiger partial charge in [0.25, 0.3) is 0 Å². The number of unbranched alkanes of at least 4 members (excludes halogenated alkanes) is 31. The Morgan fingerprint density at radius 2 is 0.511 bits per heavy atom. The van der Waals surface area contributed by atoms with Crippen molar-refractivity contribution >= 4 is 0 Å². The summed E-state index contributed by atoms with van der Waals surface area (Å²) in [5.74, 6) is 0. The molecular weight excluding hydrogens is 544 g/mol. The highest BCUT2D eigenvalue weighted by molar-refractivity contribution is 4.97. The maximum atomic E-state index is 2.72. The van der Waals surface area contributed by atoms with Gasteiger partial charge >= 0.3 is 0 Å². The van der Waals surface area contributed by atoms with Crippen LogP contribution in [0.3, 0.4) is 0 Å². The normalized spacial score (nSPS) is 14.8. The Morgan fingerprint density at radius 3 is 0.778 bits per heavy atom. The summed E-state index contributed by atoms with van der Waals surface area (Å²) in [4.78, 5) is 5.44. The van der Waals surface area contributed by atoms with Gasteiger partial charge in [-0.2, -0.15) is 0 Å². The molecule has 45 heavy (non-hydrogen) atoms. The lowest BCUT2D eigenvalue weighted by Gasteiger charge is -2.33. The molecule has 1 aliphatic rings. The molecule has 268 valence electrons. The summed E-state index contributed by atoms with van der Waals surface area (Å²) >= 11 is 0. The van der Waals surface area contributed by atoms with E-state index >= 15 is 0 Å². The van der Waals surface area contributed by atoms with Crippen LogP contribution in [0.2, 0.25) is 0 Å². The highest BCUT2D eigenvalue weighted by atomic mass is 15.4. The van der Waals surface area contributed by atoms with Gasteiger partial charge in [-0.1, -0.05) is 220 Å². The summed E-state index contributed by atoms with van der Waals surface area (Å²) in [7, 11) is 0. The van der Waals surface area contributed by atoms with E-state index in [4.69, 9.17) is 0 Å².